The molecule has 1 aromatic carbocycles. The number of hydrogen-bond donors (Lipinski definition) is 0. The zero-order chi connectivity index (χ0) is 33.1. The molecule has 6 rings (SSSR count). The first-order chi connectivity index (χ1) is 22.9. The lowest BCUT2D eigenvalue weighted by molar-refractivity contribution is -0.128. The minimum absolute atomic E-state index is 0.109. The number of fused-ring (bicyclic) bond motifs is 2. The van der Waals surface area contributed by atoms with Gasteiger partial charge in [-0.1, -0.05) is 19.2 Å². The fraction of sp³-hybridized carbons (Fsp3) is 0.441. The van der Waals surface area contributed by atoms with Crippen molar-refractivity contribution in [3.8, 4) is 18.1 Å². The van der Waals surface area contributed by atoms with Crippen molar-refractivity contribution < 1.29 is 14.3 Å². The van der Waals surface area contributed by atoms with Gasteiger partial charge in [-0.25, -0.2) is 0 Å². The molecule has 0 aliphatic carbocycles. The standard InChI is InChI=1S/C34H38N10O3/c1-4-30(45)43-18-17-42(20-24(43)10-12-35)33-26-11-15-41(32-23(3)8-9-29-27(32)19-37-44(29)31(46)5-2)21-28(26)38-34(39-33)47-22-25-7-6-14-40(25)16-13-36/h4-5,8-9,19,24-25H,1-2,6-7,10-11,14-18,20-22H2,3H3. The van der Waals surface area contributed by atoms with Crippen LogP contribution in [0.1, 0.15) is 40.9 Å². The highest BCUT2D eigenvalue weighted by Crippen LogP contribution is 2.37. The van der Waals surface area contributed by atoms with Crippen LogP contribution >= 0.6 is 0 Å². The Balaban J connectivity index is 1.35. The lowest BCUT2D eigenvalue weighted by Gasteiger charge is -2.42. The van der Waals surface area contributed by atoms with Crippen molar-refractivity contribution in [2.75, 3.05) is 55.7 Å². The number of aryl methyl sites for hydroxylation is 1. The first kappa shape index (κ1) is 31.7. The van der Waals surface area contributed by atoms with E-state index >= 15 is 0 Å². The van der Waals surface area contributed by atoms with Gasteiger partial charge in [-0.15, -0.1) is 0 Å². The molecule has 0 N–H and O–H groups in total. The SMILES string of the molecule is C=CC(=O)N1CCN(c2nc(OCC3CCCN3CC#N)nc3c2CCN(c2c(C)ccc4c2cnn4C(=O)C=C)C3)CC1CC#N. The van der Waals surface area contributed by atoms with E-state index < -0.39 is 0 Å². The number of hydrogen-bond acceptors (Lipinski definition) is 11. The quantitative estimate of drug-likeness (QED) is 0.253. The molecule has 1 amide bonds. The van der Waals surface area contributed by atoms with E-state index in [9.17, 15) is 20.1 Å². The van der Waals surface area contributed by atoms with E-state index in [4.69, 9.17) is 14.7 Å². The number of aromatic nitrogens is 4. The van der Waals surface area contributed by atoms with Gasteiger partial charge in [-0.2, -0.15) is 30.3 Å². The van der Waals surface area contributed by atoms with Crippen LogP contribution in [0.25, 0.3) is 10.9 Å². The molecule has 0 spiro atoms. The predicted octanol–water partition coefficient (Wildman–Crippen LogP) is 3.01. The molecule has 3 aliphatic rings. The van der Waals surface area contributed by atoms with Gasteiger partial charge >= 0.3 is 6.01 Å². The summed E-state index contributed by atoms with van der Waals surface area (Å²) in [5.74, 6) is 0.284. The molecule has 0 bridgehead atoms. The van der Waals surface area contributed by atoms with Gasteiger partial charge < -0.3 is 19.4 Å². The molecule has 2 saturated heterocycles. The van der Waals surface area contributed by atoms with Gasteiger partial charge in [0.15, 0.2) is 0 Å². The highest BCUT2D eigenvalue weighted by Gasteiger charge is 2.34. The maximum absolute atomic E-state index is 12.6. The number of likely N-dealkylation sites (tertiary alicyclic amines) is 1. The molecule has 3 aromatic rings. The molecule has 5 heterocycles. The van der Waals surface area contributed by atoms with Crippen molar-refractivity contribution in [2.45, 2.75) is 51.2 Å². The first-order valence-electron chi connectivity index (χ1n) is 15.9. The Bertz CT molecular complexity index is 1800. The predicted molar refractivity (Wildman–Crippen MR) is 176 cm³/mol. The molecular formula is C34H38N10O3. The van der Waals surface area contributed by atoms with E-state index in [2.05, 4.69) is 45.1 Å². The Morgan fingerprint density at radius 2 is 1.87 bits per heavy atom. The monoisotopic (exact) mass is 634 g/mol. The fourth-order valence-corrected chi connectivity index (χ4v) is 7.07. The van der Waals surface area contributed by atoms with E-state index in [-0.39, 0.29) is 36.3 Å². The molecule has 242 valence electrons. The number of benzene rings is 1. The third-order valence-electron chi connectivity index (χ3n) is 9.39. The molecule has 2 atom stereocenters. The third-order valence-corrected chi connectivity index (χ3v) is 9.39. The highest BCUT2D eigenvalue weighted by molar-refractivity contribution is 6.01. The minimum atomic E-state index is -0.303. The summed E-state index contributed by atoms with van der Waals surface area (Å²) in [6.45, 7) is 13.5. The van der Waals surface area contributed by atoms with Gasteiger partial charge in [0.05, 0.1) is 60.8 Å². The van der Waals surface area contributed by atoms with Gasteiger partial charge in [-0.3, -0.25) is 14.5 Å². The van der Waals surface area contributed by atoms with Crippen LogP contribution in [0, 0.1) is 29.6 Å². The molecule has 13 heteroatoms. The number of anilines is 2. The van der Waals surface area contributed by atoms with Crippen molar-refractivity contribution in [1.82, 2.24) is 29.5 Å². The van der Waals surface area contributed by atoms with Gasteiger partial charge in [0.2, 0.25) is 5.91 Å². The summed E-state index contributed by atoms with van der Waals surface area (Å²) >= 11 is 0. The van der Waals surface area contributed by atoms with E-state index in [1.165, 1.54) is 16.8 Å². The zero-order valence-corrected chi connectivity index (χ0v) is 26.6. The topological polar surface area (TPSA) is 148 Å². The molecule has 47 heavy (non-hydrogen) atoms. The molecule has 3 aliphatic heterocycles. The number of allylic oxidation sites excluding steroid dienone is 1. The number of ether oxygens (including phenoxy) is 1. The molecule has 2 aromatic heterocycles. The van der Waals surface area contributed by atoms with Gasteiger partial charge in [-0.05, 0) is 56.5 Å². The second kappa shape index (κ2) is 13.6. The van der Waals surface area contributed by atoms with Gasteiger partial charge in [0.25, 0.3) is 5.91 Å². The number of piperazine rings is 1. The summed E-state index contributed by atoms with van der Waals surface area (Å²) < 4.78 is 7.65. The van der Waals surface area contributed by atoms with Crippen molar-refractivity contribution in [3.05, 3.63) is 60.5 Å². The van der Waals surface area contributed by atoms with E-state index in [0.29, 0.717) is 57.8 Å². The summed E-state index contributed by atoms with van der Waals surface area (Å²) in [6, 6.07) is 8.46. The number of amides is 1. The average Bonchev–Trinajstić information content (AvgIpc) is 3.73. The fourth-order valence-electron chi connectivity index (χ4n) is 7.07. The Labute approximate surface area is 273 Å². The molecular weight excluding hydrogens is 596 g/mol. The van der Waals surface area contributed by atoms with Crippen LogP contribution in [0.4, 0.5) is 11.5 Å². The first-order valence-corrected chi connectivity index (χ1v) is 15.9. The van der Waals surface area contributed by atoms with Gasteiger partial charge in [0, 0.05) is 43.2 Å². The minimum Gasteiger partial charge on any atom is -0.462 e. The number of nitriles is 2. The van der Waals surface area contributed by atoms with Crippen molar-refractivity contribution in [1.29, 1.82) is 10.5 Å². The smallest absolute Gasteiger partial charge is 0.318 e. The van der Waals surface area contributed by atoms with Crippen molar-refractivity contribution in [2.24, 2.45) is 0 Å². The lowest BCUT2D eigenvalue weighted by atomic mass is 10.0. The summed E-state index contributed by atoms with van der Waals surface area (Å²) in [4.78, 5) is 43.2. The average molecular weight is 635 g/mol. The van der Waals surface area contributed by atoms with Crippen LogP contribution in [0.5, 0.6) is 6.01 Å². The Hall–Kier alpha value is -5.27. The Kier molecular flexibility index (Phi) is 9.18. The van der Waals surface area contributed by atoms with Crippen LogP contribution in [0.15, 0.2) is 43.6 Å². The van der Waals surface area contributed by atoms with E-state index in [0.717, 1.165) is 53.1 Å². The highest BCUT2D eigenvalue weighted by atomic mass is 16.5. The van der Waals surface area contributed by atoms with Crippen LogP contribution in [-0.4, -0.2) is 99.3 Å². The summed E-state index contributed by atoms with van der Waals surface area (Å²) in [6.07, 6.45) is 7.08. The van der Waals surface area contributed by atoms with Crippen molar-refractivity contribution >= 4 is 34.2 Å². The normalized spacial score (nSPS) is 19.6. The number of rotatable bonds is 9. The third kappa shape index (κ3) is 6.14. The summed E-state index contributed by atoms with van der Waals surface area (Å²) in [5, 5.41) is 24.1. The molecule has 2 unspecified atom stereocenters. The van der Waals surface area contributed by atoms with Crippen LogP contribution in [0.3, 0.4) is 0 Å². The molecule has 13 nitrogen and oxygen atoms in total. The molecule has 0 radical (unpaired) electrons. The summed E-state index contributed by atoms with van der Waals surface area (Å²) in [5.41, 5.74) is 4.61. The van der Waals surface area contributed by atoms with Gasteiger partial charge in [0.1, 0.15) is 12.4 Å². The van der Waals surface area contributed by atoms with Crippen LogP contribution in [0.2, 0.25) is 0 Å². The molecule has 0 saturated carbocycles. The van der Waals surface area contributed by atoms with Crippen LogP contribution in [-0.2, 0) is 17.8 Å². The second-order valence-corrected chi connectivity index (χ2v) is 12.1. The maximum Gasteiger partial charge on any atom is 0.318 e. The molecule has 2 fully saturated rings. The Morgan fingerprint density at radius 1 is 1.04 bits per heavy atom. The van der Waals surface area contributed by atoms with Crippen LogP contribution < -0.4 is 14.5 Å². The van der Waals surface area contributed by atoms with E-state index in [1.54, 1.807) is 11.1 Å². The number of nitrogens with zero attached hydrogens (tertiary/aromatic N) is 10. The van der Waals surface area contributed by atoms with E-state index in [1.807, 2.05) is 19.1 Å². The lowest BCUT2D eigenvalue weighted by Crippen LogP contribution is -2.55. The number of carbonyl (C=O) groups is 2. The summed E-state index contributed by atoms with van der Waals surface area (Å²) in [7, 11) is 0. The number of carbonyl (C=O) groups excluding carboxylic acids is 2. The maximum atomic E-state index is 12.6. The Morgan fingerprint density at radius 3 is 2.64 bits per heavy atom. The largest absolute Gasteiger partial charge is 0.462 e. The second-order valence-electron chi connectivity index (χ2n) is 12.1. The zero-order valence-electron chi connectivity index (χ0n) is 26.6. The van der Waals surface area contributed by atoms with Crippen molar-refractivity contribution in [3.63, 3.8) is 0 Å².